The van der Waals surface area contributed by atoms with Crippen molar-refractivity contribution in [2.24, 2.45) is 0 Å². The summed E-state index contributed by atoms with van der Waals surface area (Å²) in [7, 11) is 0. The van der Waals surface area contributed by atoms with Crippen molar-refractivity contribution >= 4 is 27.7 Å². The molecular formula is C13H17BrN2O2. The largest absolute Gasteiger partial charge is 0.465 e. The smallest absolute Gasteiger partial charge is 0.325 e. The van der Waals surface area contributed by atoms with E-state index in [0.717, 1.165) is 28.7 Å². The Bertz CT molecular complexity index is 447. The van der Waals surface area contributed by atoms with Crippen LogP contribution in [0.2, 0.25) is 0 Å². The lowest BCUT2D eigenvalue weighted by Crippen LogP contribution is -2.34. The molecule has 0 spiro atoms. The van der Waals surface area contributed by atoms with E-state index in [9.17, 15) is 4.79 Å². The monoisotopic (exact) mass is 312 g/mol. The minimum absolute atomic E-state index is 0.187. The maximum absolute atomic E-state index is 11.6. The van der Waals surface area contributed by atoms with E-state index in [4.69, 9.17) is 4.74 Å². The quantitative estimate of drug-likeness (QED) is 0.784. The summed E-state index contributed by atoms with van der Waals surface area (Å²) < 4.78 is 5.97. The molecule has 0 unspecified atom stereocenters. The molecule has 0 saturated heterocycles. The minimum atomic E-state index is -0.187. The summed E-state index contributed by atoms with van der Waals surface area (Å²) in [6.07, 6.45) is 4.01. The van der Waals surface area contributed by atoms with E-state index in [1.165, 1.54) is 0 Å². The summed E-state index contributed by atoms with van der Waals surface area (Å²) in [6, 6.07) is 2.45. The molecule has 4 nitrogen and oxygen atoms in total. The average Bonchev–Trinajstić information content (AvgIpc) is 3.11. The van der Waals surface area contributed by atoms with E-state index in [1.54, 1.807) is 6.20 Å². The number of esters is 1. The second kappa shape index (κ2) is 5.69. The van der Waals surface area contributed by atoms with Crippen LogP contribution in [0.1, 0.15) is 25.3 Å². The van der Waals surface area contributed by atoms with Gasteiger partial charge in [-0.15, -0.1) is 0 Å². The number of carbonyl (C=O) groups excluding carboxylic acids is 1. The number of carbonyl (C=O) groups is 1. The molecule has 98 valence electrons. The molecule has 0 radical (unpaired) electrons. The summed E-state index contributed by atoms with van der Waals surface area (Å²) in [5.74, 6) is 0.697. The van der Waals surface area contributed by atoms with Gasteiger partial charge < -0.3 is 9.64 Å². The van der Waals surface area contributed by atoms with Crippen molar-refractivity contribution in [1.82, 2.24) is 4.98 Å². The number of hydrogen-bond acceptors (Lipinski definition) is 4. The Morgan fingerprint density at radius 2 is 2.33 bits per heavy atom. The highest BCUT2D eigenvalue weighted by Crippen LogP contribution is 2.32. The normalized spacial score (nSPS) is 14.4. The molecule has 1 aromatic rings. The topological polar surface area (TPSA) is 42.4 Å². The van der Waals surface area contributed by atoms with Crippen LogP contribution in [-0.4, -0.2) is 30.1 Å². The molecule has 0 aromatic carbocycles. The Balaban J connectivity index is 2.16. The molecule has 1 saturated carbocycles. The lowest BCUT2D eigenvalue weighted by Gasteiger charge is -2.24. The molecule has 2 rings (SSSR count). The Kier molecular flexibility index (Phi) is 4.22. The summed E-state index contributed by atoms with van der Waals surface area (Å²) in [6.45, 7) is 4.54. The molecule has 5 heteroatoms. The van der Waals surface area contributed by atoms with Crippen molar-refractivity contribution in [2.75, 3.05) is 18.1 Å². The van der Waals surface area contributed by atoms with E-state index < -0.39 is 0 Å². The first-order valence-electron chi connectivity index (χ1n) is 6.16. The fourth-order valence-electron chi connectivity index (χ4n) is 1.94. The highest BCUT2D eigenvalue weighted by atomic mass is 79.9. The summed E-state index contributed by atoms with van der Waals surface area (Å²) in [5, 5.41) is 0. The minimum Gasteiger partial charge on any atom is -0.465 e. The SMILES string of the molecule is CCOC(=O)CN(c1ncc(Br)cc1C)C1CC1. The number of hydrogen-bond donors (Lipinski definition) is 0. The first kappa shape index (κ1) is 13.3. The van der Waals surface area contributed by atoms with Gasteiger partial charge in [0.1, 0.15) is 12.4 Å². The third kappa shape index (κ3) is 3.22. The molecular weight excluding hydrogens is 296 g/mol. The van der Waals surface area contributed by atoms with Gasteiger partial charge in [0.05, 0.1) is 6.61 Å². The fourth-order valence-corrected chi connectivity index (χ4v) is 2.39. The van der Waals surface area contributed by atoms with E-state index in [0.29, 0.717) is 12.6 Å². The Morgan fingerprint density at radius 3 is 2.89 bits per heavy atom. The van der Waals surface area contributed by atoms with Crippen molar-refractivity contribution < 1.29 is 9.53 Å². The average molecular weight is 313 g/mol. The van der Waals surface area contributed by atoms with Crippen LogP contribution in [0.15, 0.2) is 16.7 Å². The Hall–Kier alpha value is -1.10. The van der Waals surface area contributed by atoms with E-state index >= 15 is 0 Å². The van der Waals surface area contributed by atoms with Crippen LogP contribution >= 0.6 is 15.9 Å². The third-order valence-electron chi connectivity index (χ3n) is 2.88. The summed E-state index contributed by atoms with van der Waals surface area (Å²) in [5.41, 5.74) is 1.07. The number of aromatic nitrogens is 1. The van der Waals surface area contributed by atoms with Crippen LogP contribution < -0.4 is 4.90 Å². The highest BCUT2D eigenvalue weighted by Gasteiger charge is 2.32. The molecule has 18 heavy (non-hydrogen) atoms. The molecule has 1 aliphatic carbocycles. The lowest BCUT2D eigenvalue weighted by atomic mass is 10.2. The van der Waals surface area contributed by atoms with Gasteiger partial charge in [0.25, 0.3) is 0 Å². The molecule has 0 aliphatic heterocycles. The van der Waals surface area contributed by atoms with Gasteiger partial charge in [0.2, 0.25) is 0 Å². The zero-order chi connectivity index (χ0) is 13.1. The van der Waals surface area contributed by atoms with Gasteiger partial charge >= 0.3 is 5.97 Å². The zero-order valence-corrected chi connectivity index (χ0v) is 12.2. The number of rotatable bonds is 5. The van der Waals surface area contributed by atoms with Crippen LogP contribution in [0.3, 0.4) is 0 Å². The number of aryl methyl sites for hydroxylation is 1. The van der Waals surface area contributed by atoms with Crippen molar-refractivity contribution in [3.8, 4) is 0 Å². The molecule has 1 aromatic heterocycles. The molecule has 0 atom stereocenters. The Morgan fingerprint density at radius 1 is 1.61 bits per heavy atom. The van der Waals surface area contributed by atoms with Crippen LogP contribution in [-0.2, 0) is 9.53 Å². The highest BCUT2D eigenvalue weighted by molar-refractivity contribution is 9.10. The van der Waals surface area contributed by atoms with E-state index in [2.05, 4.69) is 25.8 Å². The van der Waals surface area contributed by atoms with Gasteiger partial charge in [-0.1, -0.05) is 0 Å². The first-order valence-corrected chi connectivity index (χ1v) is 6.95. The first-order chi connectivity index (χ1) is 8.61. The van der Waals surface area contributed by atoms with Crippen LogP contribution in [0.5, 0.6) is 0 Å². The maximum Gasteiger partial charge on any atom is 0.325 e. The van der Waals surface area contributed by atoms with E-state index in [1.807, 2.05) is 19.9 Å². The number of anilines is 1. The second-order valence-corrected chi connectivity index (χ2v) is 5.37. The molecule has 1 fully saturated rings. The number of ether oxygens (including phenoxy) is 1. The van der Waals surface area contributed by atoms with Gasteiger partial charge in [-0.2, -0.15) is 0 Å². The van der Waals surface area contributed by atoms with Crippen molar-refractivity contribution in [1.29, 1.82) is 0 Å². The van der Waals surface area contributed by atoms with Gasteiger partial charge in [0, 0.05) is 16.7 Å². The molecule has 0 N–H and O–H groups in total. The number of pyridine rings is 1. The predicted octanol–water partition coefficient (Wildman–Crippen LogP) is 2.68. The summed E-state index contributed by atoms with van der Waals surface area (Å²) in [4.78, 5) is 18.1. The standard InChI is InChI=1S/C13H17BrN2O2/c1-3-18-12(17)8-16(11-4-5-11)13-9(2)6-10(14)7-15-13/h6-7,11H,3-5,8H2,1-2H3. The molecule has 1 heterocycles. The van der Waals surface area contributed by atoms with Gasteiger partial charge in [-0.25, -0.2) is 4.98 Å². The second-order valence-electron chi connectivity index (χ2n) is 4.46. The predicted molar refractivity (Wildman–Crippen MR) is 73.7 cm³/mol. The maximum atomic E-state index is 11.6. The number of nitrogens with zero attached hydrogens (tertiary/aromatic N) is 2. The van der Waals surface area contributed by atoms with Crippen molar-refractivity contribution in [2.45, 2.75) is 32.7 Å². The van der Waals surface area contributed by atoms with E-state index in [-0.39, 0.29) is 12.5 Å². The lowest BCUT2D eigenvalue weighted by molar-refractivity contribution is -0.141. The zero-order valence-electron chi connectivity index (χ0n) is 10.6. The Labute approximate surface area is 115 Å². The van der Waals surface area contributed by atoms with Crippen molar-refractivity contribution in [3.05, 3.63) is 22.3 Å². The van der Waals surface area contributed by atoms with Gasteiger partial charge in [-0.3, -0.25) is 4.79 Å². The number of halogens is 1. The van der Waals surface area contributed by atoms with Crippen LogP contribution in [0, 0.1) is 6.92 Å². The molecule has 0 amide bonds. The van der Waals surface area contributed by atoms with Gasteiger partial charge in [0.15, 0.2) is 0 Å². The van der Waals surface area contributed by atoms with Crippen LogP contribution in [0.4, 0.5) is 5.82 Å². The summed E-state index contributed by atoms with van der Waals surface area (Å²) >= 11 is 3.40. The molecule has 1 aliphatic rings. The fraction of sp³-hybridized carbons (Fsp3) is 0.538. The van der Waals surface area contributed by atoms with Crippen molar-refractivity contribution in [3.63, 3.8) is 0 Å². The molecule has 0 bridgehead atoms. The third-order valence-corrected chi connectivity index (χ3v) is 3.32. The van der Waals surface area contributed by atoms with Crippen LogP contribution in [0.25, 0.3) is 0 Å². The van der Waals surface area contributed by atoms with Gasteiger partial charge in [-0.05, 0) is 54.2 Å².